The SMILES string of the molecule is COCCNC(=O)CN1C(=O)CS[C@H](c2cc(OC)ccc2OC)c2c(-c3ccccc3)nn(-c3ccc(C)cc3)c21. The van der Waals surface area contributed by atoms with Gasteiger partial charge in [0.15, 0.2) is 0 Å². The Morgan fingerprint density at radius 3 is 2.48 bits per heavy atom. The Hall–Kier alpha value is -4.28. The van der Waals surface area contributed by atoms with Gasteiger partial charge < -0.3 is 19.5 Å². The van der Waals surface area contributed by atoms with Crippen LogP contribution in [0.5, 0.6) is 11.5 Å². The molecule has 0 aliphatic carbocycles. The van der Waals surface area contributed by atoms with Crippen LogP contribution in [0.2, 0.25) is 0 Å². The molecule has 0 radical (unpaired) electrons. The van der Waals surface area contributed by atoms with Crippen LogP contribution in [0.3, 0.4) is 0 Å². The summed E-state index contributed by atoms with van der Waals surface area (Å²) < 4.78 is 18.3. The van der Waals surface area contributed by atoms with E-state index in [1.807, 2.05) is 79.7 Å². The summed E-state index contributed by atoms with van der Waals surface area (Å²) >= 11 is 1.48. The van der Waals surface area contributed by atoms with E-state index in [-0.39, 0.29) is 29.4 Å². The Morgan fingerprint density at radius 1 is 1.02 bits per heavy atom. The topological polar surface area (TPSA) is 94.9 Å². The van der Waals surface area contributed by atoms with Crippen LogP contribution in [0.1, 0.15) is 21.9 Å². The number of nitrogens with one attached hydrogen (secondary N) is 1. The van der Waals surface area contributed by atoms with Gasteiger partial charge in [0.25, 0.3) is 0 Å². The third kappa shape index (κ3) is 6.00. The number of anilines is 1. The average Bonchev–Trinajstić information content (AvgIpc) is 3.34. The Labute approximate surface area is 249 Å². The largest absolute Gasteiger partial charge is 0.497 e. The smallest absolute Gasteiger partial charge is 0.240 e. The van der Waals surface area contributed by atoms with E-state index >= 15 is 0 Å². The molecule has 0 fully saturated rings. The van der Waals surface area contributed by atoms with Gasteiger partial charge in [-0.25, -0.2) is 4.68 Å². The standard InChI is InChI=1S/C32H34N4O5S/c1-21-10-12-23(13-11-21)36-32-29(30(34-36)22-8-6-5-7-9-22)31(25-18-24(40-3)14-15-26(25)41-4)42-20-28(38)35(32)19-27(37)33-16-17-39-2/h5-15,18,31H,16-17,19-20H2,1-4H3,(H,33,37)/t31-/m1/s1. The molecule has 218 valence electrons. The van der Waals surface area contributed by atoms with E-state index < -0.39 is 0 Å². The lowest BCUT2D eigenvalue weighted by molar-refractivity contribution is -0.123. The van der Waals surface area contributed by atoms with E-state index in [9.17, 15) is 9.59 Å². The van der Waals surface area contributed by atoms with Crippen molar-refractivity contribution in [2.45, 2.75) is 12.2 Å². The van der Waals surface area contributed by atoms with Gasteiger partial charge in [0.1, 0.15) is 23.9 Å². The van der Waals surface area contributed by atoms with Gasteiger partial charge >= 0.3 is 0 Å². The van der Waals surface area contributed by atoms with Crippen LogP contribution >= 0.6 is 11.8 Å². The first-order chi connectivity index (χ1) is 20.4. The molecule has 3 aromatic carbocycles. The number of carbonyl (C=O) groups excluding carboxylic acids is 2. The van der Waals surface area contributed by atoms with Crippen molar-refractivity contribution in [3.05, 3.63) is 89.5 Å². The average molecular weight is 587 g/mol. The summed E-state index contributed by atoms with van der Waals surface area (Å²) in [5.74, 6) is 1.55. The molecular formula is C32H34N4O5S. The molecule has 1 aromatic heterocycles. The lowest BCUT2D eigenvalue weighted by Gasteiger charge is -2.23. The van der Waals surface area contributed by atoms with Crippen LogP contribution in [0, 0.1) is 6.92 Å². The molecule has 0 unspecified atom stereocenters. The predicted octanol–water partition coefficient (Wildman–Crippen LogP) is 4.80. The second-order valence-electron chi connectivity index (χ2n) is 9.82. The van der Waals surface area contributed by atoms with Crippen molar-refractivity contribution in [3.8, 4) is 28.4 Å². The summed E-state index contributed by atoms with van der Waals surface area (Å²) in [7, 11) is 4.82. The summed E-state index contributed by atoms with van der Waals surface area (Å²) in [5.41, 5.74) is 5.15. The highest BCUT2D eigenvalue weighted by Gasteiger charge is 2.38. The zero-order chi connectivity index (χ0) is 29.6. The van der Waals surface area contributed by atoms with Gasteiger partial charge in [0.05, 0.1) is 43.2 Å². The van der Waals surface area contributed by atoms with Gasteiger partial charge in [-0.1, -0.05) is 48.0 Å². The molecule has 0 spiro atoms. The Kier molecular flexibility index (Phi) is 9.14. The number of rotatable bonds is 10. The number of aromatic nitrogens is 2. The second kappa shape index (κ2) is 13.1. The van der Waals surface area contributed by atoms with Crippen molar-refractivity contribution in [2.75, 3.05) is 51.7 Å². The number of ether oxygens (including phenoxy) is 3. The third-order valence-electron chi connectivity index (χ3n) is 7.06. The van der Waals surface area contributed by atoms with Crippen LogP contribution in [0.15, 0.2) is 72.8 Å². The van der Waals surface area contributed by atoms with Crippen LogP contribution in [-0.4, -0.2) is 68.4 Å². The number of thioether (sulfide) groups is 1. The first-order valence-electron chi connectivity index (χ1n) is 13.6. The van der Waals surface area contributed by atoms with Crippen molar-refractivity contribution >= 4 is 29.4 Å². The lowest BCUT2D eigenvalue weighted by Crippen LogP contribution is -2.43. The fourth-order valence-electron chi connectivity index (χ4n) is 4.98. The number of hydrogen-bond donors (Lipinski definition) is 1. The second-order valence-corrected chi connectivity index (χ2v) is 10.9. The Bertz CT molecular complexity index is 1560. The fourth-order valence-corrected chi connectivity index (χ4v) is 6.19. The molecule has 10 heteroatoms. The highest BCUT2D eigenvalue weighted by molar-refractivity contribution is 8.00. The van der Waals surface area contributed by atoms with Crippen LogP contribution in [0.25, 0.3) is 16.9 Å². The molecule has 1 atom stereocenters. The Balaban J connectivity index is 1.78. The molecule has 2 heterocycles. The number of benzene rings is 3. The van der Waals surface area contributed by atoms with E-state index in [1.54, 1.807) is 30.9 Å². The first kappa shape index (κ1) is 29.2. The first-order valence-corrected chi connectivity index (χ1v) is 14.6. The number of amides is 2. The molecule has 0 saturated carbocycles. The van der Waals surface area contributed by atoms with Gasteiger partial charge in [-0.3, -0.25) is 14.5 Å². The number of hydrogen-bond acceptors (Lipinski definition) is 7. The molecule has 1 aliphatic heterocycles. The van der Waals surface area contributed by atoms with Crippen molar-refractivity contribution in [2.24, 2.45) is 0 Å². The molecule has 4 aromatic rings. The van der Waals surface area contributed by atoms with Crippen LogP contribution < -0.4 is 19.7 Å². The molecular weight excluding hydrogens is 552 g/mol. The van der Waals surface area contributed by atoms with Gasteiger partial charge in [-0.05, 0) is 37.3 Å². The third-order valence-corrected chi connectivity index (χ3v) is 8.30. The summed E-state index contributed by atoms with van der Waals surface area (Å²) in [6, 6.07) is 23.5. The molecule has 9 nitrogen and oxygen atoms in total. The highest BCUT2D eigenvalue weighted by atomic mass is 32.2. The maximum atomic E-state index is 13.9. The minimum atomic E-state index is -0.357. The summed E-state index contributed by atoms with van der Waals surface area (Å²) in [5, 5.41) is 7.63. The van der Waals surface area contributed by atoms with Gasteiger partial charge in [-0.15, -0.1) is 11.8 Å². The summed E-state index contributed by atoms with van der Waals surface area (Å²) in [4.78, 5) is 28.6. The molecule has 0 bridgehead atoms. The number of fused-ring (bicyclic) bond motifs is 1. The van der Waals surface area contributed by atoms with Crippen molar-refractivity contribution in [1.29, 1.82) is 0 Å². The molecule has 42 heavy (non-hydrogen) atoms. The zero-order valence-electron chi connectivity index (χ0n) is 24.1. The van der Waals surface area contributed by atoms with E-state index in [0.717, 1.165) is 27.9 Å². The number of aryl methyl sites for hydroxylation is 1. The van der Waals surface area contributed by atoms with Crippen molar-refractivity contribution in [3.63, 3.8) is 0 Å². The molecule has 5 rings (SSSR count). The maximum Gasteiger partial charge on any atom is 0.240 e. The number of nitrogens with zero attached hydrogens (tertiary/aromatic N) is 3. The quantitative estimate of drug-likeness (QED) is 0.267. The summed E-state index contributed by atoms with van der Waals surface area (Å²) in [6.45, 7) is 2.57. The minimum Gasteiger partial charge on any atom is -0.497 e. The normalized spacial score (nSPS) is 14.7. The molecule has 2 amide bonds. The van der Waals surface area contributed by atoms with Crippen molar-refractivity contribution in [1.82, 2.24) is 15.1 Å². The van der Waals surface area contributed by atoms with Crippen molar-refractivity contribution < 1.29 is 23.8 Å². The van der Waals surface area contributed by atoms with Gasteiger partial charge in [0.2, 0.25) is 11.8 Å². The number of carbonyl (C=O) groups is 2. The molecule has 0 saturated heterocycles. The maximum absolute atomic E-state index is 13.9. The molecule has 1 aliphatic rings. The van der Waals surface area contributed by atoms with E-state index in [1.165, 1.54) is 11.8 Å². The monoisotopic (exact) mass is 586 g/mol. The van der Waals surface area contributed by atoms with Crippen LogP contribution in [-0.2, 0) is 14.3 Å². The predicted molar refractivity (Wildman–Crippen MR) is 165 cm³/mol. The van der Waals surface area contributed by atoms with Gasteiger partial charge in [-0.2, -0.15) is 5.10 Å². The zero-order valence-corrected chi connectivity index (χ0v) is 24.9. The Morgan fingerprint density at radius 2 is 1.79 bits per heavy atom. The van der Waals surface area contributed by atoms with Gasteiger partial charge in [0, 0.05) is 30.3 Å². The lowest BCUT2D eigenvalue weighted by atomic mass is 9.98. The fraction of sp³-hybridized carbons (Fsp3) is 0.281. The van der Waals surface area contributed by atoms with E-state index in [2.05, 4.69) is 5.32 Å². The molecule has 1 N–H and O–H groups in total. The number of methoxy groups -OCH3 is 3. The highest BCUT2D eigenvalue weighted by Crippen LogP contribution is 2.51. The van der Waals surface area contributed by atoms with E-state index in [4.69, 9.17) is 19.3 Å². The minimum absolute atomic E-state index is 0.146. The summed E-state index contributed by atoms with van der Waals surface area (Å²) in [6.07, 6.45) is 0. The van der Waals surface area contributed by atoms with Crippen LogP contribution in [0.4, 0.5) is 5.82 Å². The van der Waals surface area contributed by atoms with E-state index in [0.29, 0.717) is 36.2 Å².